The molecule has 0 saturated carbocycles. The van der Waals surface area contributed by atoms with Gasteiger partial charge in [0, 0.05) is 25.7 Å². The van der Waals surface area contributed by atoms with Crippen LogP contribution in [0, 0.1) is 17.8 Å². The first-order valence-electron chi connectivity index (χ1n) is 34.5. The number of ether oxygens (including phenoxy) is 4. The standard InChI is InChI=1S/C66H128O17P2/c1-8-12-13-30-40-47-63(68)76-53-61(83-66(71)50-43-36-29-28-33-39-46-59(7)11-4)55-80-84(72,73)78-51-60(67)52-79-85(74,75)81-56-62(54-77-64(69)48-41-34-26-23-22-25-32-38-45-58(6)10-3)82-65(70)49-42-35-27-21-19-17-15-14-16-18-20-24-31-37-44-57(5)9-2/h57-62,67H,8-56H2,1-7H3,(H,72,73)(H,74,75)/t57?,58?,59?,60-,61+,62+/m0/s1. The molecule has 3 N–H and O–H groups in total. The fourth-order valence-corrected chi connectivity index (χ4v) is 11.3. The number of hydrogen-bond acceptors (Lipinski definition) is 15. The van der Waals surface area contributed by atoms with Gasteiger partial charge in [0.05, 0.1) is 26.4 Å². The third kappa shape index (κ3) is 57.0. The molecule has 504 valence electrons. The molecule has 0 aromatic rings. The van der Waals surface area contributed by atoms with Crippen molar-refractivity contribution in [1.29, 1.82) is 0 Å². The fourth-order valence-electron chi connectivity index (χ4n) is 9.74. The lowest BCUT2D eigenvalue weighted by molar-refractivity contribution is -0.161. The van der Waals surface area contributed by atoms with Crippen molar-refractivity contribution in [3.05, 3.63) is 0 Å². The number of phosphoric acid groups is 2. The van der Waals surface area contributed by atoms with Crippen molar-refractivity contribution in [2.45, 2.75) is 343 Å². The predicted octanol–water partition coefficient (Wildman–Crippen LogP) is 18.3. The molecule has 8 atom stereocenters. The minimum Gasteiger partial charge on any atom is -0.462 e. The molecule has 0 spiro atoms. The number of aliphatic hydroxyl groups excluding tert-OH is 1. The molecule has 0 radical (unpaired) electrons. The van der Waals surface area contributed by atoms with Crippen LogP contribution in [0.25, 0.3) is 0 Å². The van der Waals surface area contributed by atoms with Crippen molar-refractivity contribution >= 4 is 39.5 Å². The van der Waals surface area contributed by atoms with E-state index >= 15 is 0 Å². The van der Waals surface area contributed by atoms with Crippen LogP contribution >= 0.6 is 15.6 Å². The Morgan fingerprint density at radius 2 is 0.565 bits per heavy atom. The van der Waals surface area contributed by atoms with Gasteiger partial charge in [0.25, 0.3) is 0 Å². The number of hydrogen-bond donors (Lipinski definition) is 3. The molecule has 0 bridgehead atoms. The van der Waals surface area contributed by atoms with Gasteiger partial charge in [-0.3, -0.25) is 37.3 Å². The van der Waals surface area contributed by atoms with E-state index in [-0.39, 0.29) is 25.7 Å². The second-order valence-corrected chi connectivity index (χ2v) is 27.5. The molecule has 5 unspecified atom stereocenters. The summed E-state index contributed by atoms with van der Waals surface area (Å²) in [6.07, 6.45) is 39.3. The molecule has 0 fully saturated rings. The zero-order valence-electron chi connectivity index (χ0n) is 55.1. The molecule has 0 rings (SSSR count). The molecule has 85 heavy (non-hydrogen) atoms. The highest BCUT2D eigenvalue weighted by atomic mass is 31.2. The van der Waals surface area contributed by atoms with Gasteiger partial charge in [-0.15, -0.1) is 0 Å². The van der Waals surface area contributed by atoms with Crippen molar-refractivity contribution in [1.82, 2.24) is 0 Å². The van der Waals surface area contributed by atoms with Crippen LogP contribution in [0.5, 0.6) is 0 Å². The molecular formula is C66H128O17P2. The Hall–Kier alpha value is -1.94. The van der Waals surface area contributed by atoms with Crippen LogP contribution in [0.3, 0.4) is 0 Å². The molecule has 0 aromatic heterocycles. The molecule has 17 nitrogen and oxygen atoms in total. The number of carbonyl (C=O) groups excluding carboxylic acids is 4. The number of unbranched alkanes of at least 4 members (excludes halogenated alkanes) is 29. The summed E-state index contributed by atoms with van der Waals surface area (Å²) in [5.41, 5.74) is 0. The van der Waals surface area contributed by atoms with E-state index in [1.807, 2.05) is 0 Å². The highest BCUT2D eigenvalue weighted by Gasteiger charge is 2.30. The van der Waals surface area contributed by atoms with Gasteiger partial charge >= 0.3 is 39.5 Å². The number of carbonyl (C=O) groups is 4. The fraction of sp³-hybridized carbons (Fsp3) is 0.939. The zero-order valence-corrected chi connectivity index (χ0v) is 56.9. The van der Waals surface area contributed by atoms with E-state index in [1.165, 1.54) is 128 Å². The molecular weight excluding hydrogens is 1130 g/mol. The van der Waals surface area contributed by atoms with Crippen molar-refractivity contribution < 1.29 is 80.2 Å². The van der Waals surface area contributed by atoms with E-state index in [9.17, 15) is 43.2 Å². The molecule has 19 heteroatoms. The molecule has 0 aromatic carbocycles. The summed E-state index contributed by atoms with van der Waals surface area (Å²) in [7, 11) is -9.88. The van der Waals surface area contributed by atoms with Gasteiger partial charge in [-0.25, -0.2) is 9.13 Å². The lowest BCUT2D eigenvalue weighted by Crippen LogP contribution is -2.30. The van der Waals surface area contributed by atoms with Crippen molar-refractivity contribution in [2.24, 2.45) is 17.8 Å². The molecule has 0 aliphatic carbocycles. The maximum Gasteiger partial charge on any atom is 0.472 e. The minimum absolute atomic E-state index is 0.102. The van der Waals surface area contributed by atoms with Gasteiger partial charge < -0.3 is 33.8 Å². The van der Waals surface area contributed by atoms with Gasteiger partial charge in [0.15, 0.2) is 12.2 Å². The van der Waals surface area contributed by atoms with E-state index < -0.39 is 97.5 Å². The second kappa shape index (κ2) is 57.2. The van der Waals surface area contributed by atoms with Gasteiger partial charge in [0.2, 0.25) is 0 Å². The first kappa shape index (κ1) is 83.1. The van der Waals surface area contributed by atoms with Crippen LogP contribution in [-0.4, -0.2) is 96.7 Å². The SMILES string of the molecule is CCCCCCCC(=O)OC[C@H](COP(=O)(O)OC[C@H](O)COP(=O)(O)OC[C@@H](COC(=O)CCCCCCCCCCC(C)CC)OC(=O)CCCCCCCCCCCCCCCCC(C)CC)OC(=O)CCCCCCCCC(C)CC. The Morgan fingerprint density at radius 1 is 0.329 bits per heavy atom. The van der Waals surface area contributed by atoms with Gasteiger partial charge in [-0.1, -0.05) is 273 Å². The molecule has 0 heterocycles. The molecule has 0 amide bonds. The van der Waals surface area contributed by atoms with Gasteiger partial charge in [-0.2, -0.15) is 0 Å². The maximum absolute atomic E-state index is 13.0. The topological polar surface area (TPSA) is 237 Å². The third-order valence-corrected chi connectivity index (χ3v) is 18.1. The largest absolute Gasteiger partial charge is 0.472 e. The van der Waals surface area contributed by atoms with Crippen LogP contribution in [0.4, 0.5) is 0 Å². The summed E-state index contributed by atoms with van der Waals surface area (Å²) in [5.74, 6) is 0.198. The van der Waals surface area contributed by atoms with Crippen molar-refractivity contribution in [2.75, 3.05) is 39.6 Å². The minimum atomic E-state index is -4.95. The Bertz CT molecular complexity index is 1690. The number of phosphoric ester groups is 2. The average Bonchev–Trinajstić information content (AvgIpc) is 3.60. The highest BCUT2D eigenvalue weighted by Crippen LogP contribution is 2.45. The smallest absolute Gasteiger partial charge is 0.462 e. The van der Waals surface area contributed by atoms with Crippen LogP contribution < -0.4 is 0 Å². The highest BCUT2D eigenvalue weighted by molar-refractivity contribution is 7.47. The number of rotatable bonds is 64. The van der Waals surface area contributed by atoms with Crippen molar-refractivity contribution in [3.8, 4) is 0 Å². The summed E-state index contributed by atoms with van der Waals surface area (Å²) in [4.78, 5) is 72.1. The maximum atomic E-state index is 13.0. The summed E-state index contributed by atoms with van der Waals surface area (Å²) >= 11 is 0. The second-order valence-electron chi connectivity index (χ2n) is 24.6. The number of aliphatic hydroxyl groups is 1. The first-order chi connectivity index (χ1) is 40.8. The monoisotopic (exact) mass is 1250 g/mol. The van der Waals surface area contributed by atoms with Crippen LogP contribution in [0.1, 0.15) is 325 Å². The summed E-state index contributed by atoms with van der Waals surface area (Å²) in [5, 5.41) is 10.5. The van der Waals surface area contributed by atoms with E-state index in [1.54, 1.807) is 0 Å². The lowest BCUT2D eigenvalue weighted by atomic mass is 9.99. The van der Waals surface area contributed by atoms with E-state index in [2.05, 4.69) is 48.5 Å². The van der Waals surface area contributed by atoms with Crippen LogP contribution in [0.15, 0.2) is 0 Å². The first-order valence-corrected chi connectivity index (χ1v) is 37.5. The van der Waals surface area contributed by atoms with E-state index in [4.69, 9.17) is 37.0 Å². The molecule has 0 aliphatic heterocycles. The molecule has 0 saturated heterocycles. The third-order valence-electron chi connectivity index (χ3n) is 16.2. The van der Waals surface area contributed by atoms with Gasteiger partial charge in [0.1, 0.15) is 19.3 Å². The normalized spacial score (nSPS) is 15.3. The molecule has 0 aliphatic rings. The average molecular weight is 1260 g/mol. The van der Waals surface area contributed by atoms with Gasteiger partial charge in [-0.05, 0) is 43.4 Å². The summed E-state index contributed by atoms with van der Waals surface area (Å²) in [6, 6.07) is 0. The number of esters is 4. The Labute approximate surface area is 517 Å². The van der Waals surface area contributed by atoms with Crippen LogP contribution in [-0.2, 0) is 65.4 Å². The van der Waals surface area contributed by atoms with E-state index in [0.29, 0.717) is 25.7 Å². The van der Waals surface area contributed by atoms with E-state index in [0.717, 1.165) is 114 Å². The quantitative estimate of drug-likeness (QED) is 0.0222. The summed E-state index contributed by atoms with van der Waals surface area (Å²) < 4.78 is 67.9. The Balaban J connectivity index is 5.17. The lowest BCUT2D eigenvalue weighted by Gasteiger charge is -2.21. The Morgan fingerprint density at radius 3 is 0.835 bits per heavy atom. The zero-order chi connectivity index (χ0) is 63.1. The van der Waals surface area contributed by atoms with Crippen molar-refractivity contribution in [3.63, 3.8) is 0 Å². The summed E-state index contributed by atoms with van der Waals surface area (Å²) in [6.45, 7) is 11.7. The predicted molar refractivity (Wildman–Crippen MR) is 340 cm³/mol. The Kier molecular flexibility index (Phi) is 55.9. The van der Waals surface area contributed by atoms with Crippen LogP contribution in [0.2, 0.25) is 0 Å².